The second-order valence-corrected chi connectivity index (χ2v) is 4.00. The van der Waals surface area contributed by atoms with Crippen LogP contribution in [0.2, 0.25) is 0 Å². The number of hydrogen-bond donors (Lipinski definition) is 0. The smallest absolute Gasteiger partial charge is 0.307 e. The van der Waals surface area contributed by atoms with Gasteiger partial charge in [0, 0.05) is 5.92 Å². The van der Waals surface area contributed by atoms with Gasteiger partial charge in [0.1, 0.15) is 12.4 Å². The number of hydrogen-bond acceptors (Lipinski definition) is 3. The highest BCUT2D eigenvalue weighted by molar-refractivity contribution is 5.70. The molecule has 1 atom stereocenters. The molecule has 0 aromatic rings. The molecule has 1 unspecified atom stereocenters. The van der Waals surface area contributed by atoms with Crippen molar-refractivity contribution in [1.29, 1.82) is 0 Å². The molecule has 0 fully saturated rings. The summed E-state index contributed by atoms with van der Waals surface area (Å²) in [5, 5.41) is 0. The van der Waals surface area contributed by atoms with Gasteiger partial charge in [-0.05, 0) is 25.5 Å². The number of ether oxygens (including phenoxy) is 2. The van der Waals surface area contributed by atoms with Crippen molar-refractivity contribution in [3.63, 3.8) is 0 Å². The third kappa shape index (κ3) is 4.72. The highest BCUT2D eigenvalue weighted by Crippen LogP contribution is 2.26. The van der Waals surface area contributed by atoms with Gasteiger partial charge in [-0.2, -0.15) is 0 Å². The van der Waals surface area contributed by atoms with Crippen molar-refractivity contribution in [1.82, 2.24) is 0 Å². The molecule has 0 amide bonds. The van der Waals surface area contributed by atoms with Gasteiger partial charge in [-0.15, -0.1) is 0 Å². The van der Waals surface area contributed by atoms with E-state index in [1.165, 1.54) is 0 Å². The van der Waals surface area contributed by atoms with Gasteiger partial charge in [0.2, 0.25) is 0 Å². The fourth-order valence-electron chi connectivity index (χ4n) is 1.43. The van der Waals surface area contributed by atoms with Crippen LogP contribution in [0.25, 0.3) is 0 Å². The predicted molar refractivity (Wildman–Crippen MR) is 67.0 cm³/mol. The Bertz CT molecular complexity index is 364. The summed E-state index contributed by atoms with van der Waals surface area (Å²) in [4.78, 5) is 11.4. The lowest BCUT2D eigenvalue weighted by molar-refractivity contribution is -0.143. The minimum atomic E-state index is -0.244. The number of rotatable bonds is 6. The summed E-state index contributed by atoms with van der Waals surface area (Å²) in [6.07, 6.45) is 8.03. The zero-order chi connectivity index (χ0) is 12.7. The van der Waals surface area contributed by atoms with Gasteiger partial charge in [0.05, 0.1) is 12.7 Å². The number of carbonyl (C=O) groups excluding carboxylic acids is 1. The summed E-state index contributed by atoms with van der Waals surface area (Å²) in [6, 6.07) is 0. The van der Waals surface area contributed by atoms with Crippen molar-refractivity contribution in [2.45, 2.75) is 19.8 Å². The fourth-order valence-corrected chi connectivity index (χ4v) is 1.43. The van der Waals surface area contributed by atoms with Gasteiger partial charge in [-0.25, -0.2) is 0 Å². The molecule has 0 spiro atoms. The molecule has 1 rings (SSSR count). The molecule has 1 aliphatic rings. The van der Waals surface area contributed by atoms with Crippen LogP contribution in [-0.4, -0.2) is 12.6 Å². The number of carbonyl (C=O) groups is 1. The molecule has 3 nitrogen and oxygen atoms in total. The molecule has 0 aromatic heterocycles. The maximum Gasteiger partial charge on any atom is 0.307 e. The first-order valence-corrected chi connectivity index (χ1v) is 5.57. The summed E-state index contributed by atoms with van der Waals surface area (Å²) in [5.41, 5.74) is 1.06. The van der Waals surface area contributed by atoms with E-state index < -0.39 is 0 Å². The molecular formula is C14H18O3. The van der Waals surface area contributed by atoms with E-state index in [1.807, 2.05) is 19.1 Å². The van der Waals surface area contributed by atoms with Crippen molar-refractivity contribution < 1.29 is 14.3 Å². The average Bonchev–Trinajstić information content (AvgIpc) is 2.71. The second kappa shape index (κ2) is 6.74. The van der Waals surface area contributed by atoms with Crippen LogP contribution in [0, 0.1) is 5.92 Å². The first-order chi connectivity index (χ1) is 8.13. The Kier molecular flexibility index (Phi) is 5.27. The van der Waals surface area contributed by atoms with Crippen molar-refractivity contribution in [3.8, 4) is 0 Å². The van der Waals surface area contributed by atoms with E-state index in [2.05, 4.69) is 13.2 Å². The summed E-state index contributed by atoms with van der Waals surface area (Å²) in [7, 11) is 0. The third-order valence-electron chi connectivity index (χ3n) is 2.28. The van der Waals surface area contributed by atoms with Crippen LogP contribution < -0.4 is 0 Å². The maximum absolute atomic E-state index is 11.4. The highest BCUT2D eigenvalue weighted by Gasteiger charge is 2.21. The molecule has 3 heteroatoms. The molecule has 0 aromatic carbocycles. The van der Waals surface area contributed by atoms with E-state index in [0.717, 1.165) is 17.8 Å². The Labute approximate surface area is 102 Å². The van der Waals surface area contributed by atoms with Gasteiger partial charge in [0.25, 0.3) is 0 Å². The van der Waals surface area contributed by atoms with E-state index >= 15 is 0 Å². The molecule has 0 saturated heterocycles. The van der Waals surface area contributed by atoms with Crippen LogP contribution in [0.3, 0.4) is 0 Å². The standard InChI is InChI=1S/C14H18O3/c1-4-8-17-14(15)10-12-7-9-16-13(12)6-5-11(2)3/h4,6-7,9,12H,1-2,5,8,10H2,3H3. The highest BCUT2D eigenvalue weighted by atomic mass is 16.5. The Morgan fingerprint density at radius 1 is 1.65 bits per heavy atom. The molecule has 1 heterocycles. The lowest BCUT2D eigenvalue weighted by Gasteiger charge is -2.09. The molecule has 17 heavy (non-hydrogen) atoms. The number of allylic oxidation sites excluding steroid dienone is 3. The summed E-state index contributed by atoms with van der Waals surface area (Å²) in [6.45, 7) is 9.51. The summed E-state index contributed by atoms with van der Waals surface area (Å²) in [5.74, 6) is 0.529. The van der Waals surface area contributed by atoms with Gasteiger partial charge < -0.3 is 9.47 Å². The van der Waals surface area contributed by atoms with Crippen LogP contribution in [0.4, 0.5) is 0 Å². The first-order valence-electron chi connectivity index (χ1n) is 5.57. The van der Waals surface area contributed by atoms with Gasteiger partial charge in [-0.3, -0.25) is 4.79 Å². The van der Waals surface area contributed by atoms with Crippen LogP contribution in [0.1, 0.15) is 19.8 Å². The van der Waals surface area contributed by atoms with Crippen LogP contribution in [0.5, 0.6) is 0 Å². The minimum Gasteiger partial charge on any atom is -0.469 e. The molecule has 1 aliphatic heterocycles. The van der Waals surface area contributed by atoms with Crippen LogP contribution in [-0.2, 0) is 14.3 Å². The SMILES string of the molecule is C=CCOC(=O)CC1C=COC1=CCC(=C)C. The third-order valence-corrected chi connectivity index (χ3v) is 2.28. The van der Waals surface area contributed by atoms with E-state index in [0.29, 0.717) is 6.42 Å². The normalized spacial score (nSPS) is 20.1. The maximum atomic E-state index is 11.4. The lowest BCUT2D eigenvalue weighted by atomic mass is 10.0. The Morgan fingerprint density at radius 3 is 3.06 bits per heavy atom. The fraction of sp³-hybridized carbons (Fsp3) is 0.357. The van der Waals surface area contributed by atoms with Gasteiger partial charge in [0.15, 0.2) is 0 Å². The number of esters is 1. The summed E-state index contributed by atoms with van der Waals surface area (Å²) < 4.78 is 10.3. The van der Waals surface area contributed by atoms with E-state index in [1.54, 1.807) is 12.3 Å². The van der Waals surface area contributed by atoms with Crippen molar-refractivity contribution >= 4 is 5.97 Å². The zero-order valence-electron chi connectivity index (χ0n) is 10.1. The molecule has 0 aliphatic carbocycles. The van der Waals surface area contributed by atoms with E-state index in [-0.39, 0.29) is 18.5 Å². The summed E-state index contributed by atoms with van der Waals surface area (Å²) >= 11 is 0. The van der Waals surface area contributed by atoms with E-state index in [9.17, 15) is 4.79 Å². The molecule has 0 bridgehead atoms. The monoisotopic (exact) mass is 234 g/mol. The molecule has 0 radical (unpaired) electrons. The Balaban J connectivity index is 2.48. The lowest BCUT2D eigenvalue weighted by Crippen LogP contribution is -2.10. The molecule has 0 N–H and O–H groups in total. The Morgan fingerprint density at radius 2 is 2.41 bits per heavy atom. The van der Waals surface area contributed by atoms with Crippen LogP contribution in [0.15, 0.2) is 49.0 Å². The average molecular weight is 234 g/mol. The predicted octanol–water partition coefficient (Wildman–Crippen LogP) is 3.12. The zero-order valence-corrected chi connectivity index (χ0v) is 10.1. The van der Waals surface area contributed by atoms with Crippen LogP contribution >= 0.6 is 0 Å². The Hall–Kier alpha value is -1.77. The largest absolute Gasteiger partial charge is 0.469 e. The molecule has 0 saturated carbocycles. The molecular weight excluding hydrogens is 216 g/mol. The topological polar surface area (TPSA) is 35.5 Å². The van der Waals surface area contributed by atoms with Crippen molar-refractivity contribution in [2.24, 2.45) is 5.92 Å². The minimum absolute atomic E-state index is 0.0216. The molecule has 92 valence electrons. The quantitative estimate of drug-likeness (QED) is 0.523. The van der Waals surface area contributed by atoms with Crippen molar-refractivity contribution in [2.75, 3.05) is 6.61 Å². The van der Waals surface area contributed by atoms with E-state index in [4.69, 9.17) is 9.47 Å². The van der Waals surface area contributed by atoms with Gasteiger partial charge >= 0.3 is 5.97 Å². The van der Waals surface area contributed by atoms with Crippen molar-refractivity contribution in [3.05, 3.63) is 49.0 Å². The van der Waals surface area contributed by atoms with Gasteiger partial charge in [-0.1, -0.05) is 24.8 Å². The second-order valence-electron chi connectivity index (χ2n) is 4.00. The first kappa shape index (κ1) is 13.3.